The summed E-state index contributed by atoms with van der Waals surface area (Å²) in [6, 6.07) is 8.19. The van der Waals surface area contributed by atoms with Gasteiger partial charge >= 0.3 is 12.3 Å². The summed E-state index contributed by atoms with van der Waals surface area (Å²) < 4.78 is 53.4. The molecular formula is C14H11F4NO2. The Balaban J connectivity index is 1.99. The van der Waals surface area contributed by atoms with E-state index in [4.69, 9.17) is 0 Å². The van der Waals surface area contributed by atoms with E-state index in [9.17, 15) is 22.4 Å². The molecule has 0 radical (unpaired) electrons. The molecule has 0 bridgehead atoms. The van der Waals surface area contributed by atoms with Crippen LogP contribution in [0.1, 0.15) is 10.4 Å². The molecule has 2 aromatic rings. The van der Waals surface area contributed by atoms with Crippen molar-refractivity contribution in [1.82, 2.24) is 4.98 Å². The lowest BCUT2D eigenvalue weighted by molar-refractivity contribution is -0.163. The van der Waals surface area contributed by atoms with Crippen LogP contribution in [0.4, 0.5) is 17.6 Å². The molecule has 7 heteroatoms. The maximum Gasteiger partial charge on any atom is 0.330 e. The lowest BCUT2D eigenvalue weighted by atomic mass is 10.1. The Kier molecular flexibility index (Phi) is 4.52. The van der Waals surface area contributed by atoms with Crippen LogP contribution < -0.4 is 0 Å². The highest BCUT2D eigenvalue weighted by molar-refractivity contribution is 6.00. The van der Waals surface area contributed by atoms with Crippen molar-refractivity contribution in [3.63, 3.8) is 0 Å². The Morgan fingerprint density at radius 1 is 1.29 bits per heavy atom. The molecule has 0 aliphatic rings. The second-order valence-electron chi connectivity index (χ2n) is 4.39. The summed E-state index contributed by atoms with van der Waals surface area (Å²) in [6.07, 6.45) is -2.27. The maximum atomic E-state index is 12.6. The summed E-state index contributed by atoms with van der Waals surface area (Å²) in [5.41, 5.74) is 0.794. The van der Waals surface area contributed by atoms with Crippen LogP contribution in [0.5, 0.6) is 0 Å². The molecule has 0 aliphatic heterocycles. The number of aromatic nitrogens is 1. The van der Waals surface area contributed by atoms with Gasteiger partial charge in [-0.25, -0.2) is 8.78 Å². The van der Waals surface area contributed by atoms with E-state index >= 15 is 0 Å². The van der Waals surface area contributed by atoms with E-state index in [0.717, 1.165) is 5.39 Å². The SMILES string of the molecule is O=C(COCC(F)(F)C(F)F)c1ccc2cccnc2c1. The third kappa shape index (κ3) is 3.75. The van der Waals surface area contributed by atoms with Gasteiger partial charge in [-0.2, -0.15) is 8.78 Å². The molecule has 0 N–H and O–H groups in total. The maximum absolute atomic E-state index is 12.6. The third-order valence-corrected chi connectivity index (χ3v) is 2.77. The lowest BCUT2D eigenvalue weighted by Gasteiger charge is -2.14. The number of carbonyl (C=O) groups excluding carboxylic acids is 1. The normalized spacial score (nSPS) is 12.0. The number of benzene rings is 1. The molecule has 0 atom stereocenters. The topological polar surface area (TPSA) is 39.2 Å². The first-order valence-electron chi connectivity index (χ1n) is 6.02. The Labute approximate surface area is 117 Å². The van der Waals surface area contributed by atoms with Crippen molar-refractivity contribution < 1.29 is 27.1 Å². The van der Waals surface area contributed by atoms with E-state index < -0.39 is 31.3 Å². The van der Waals surface area contributed by atoms with Crippen molar-refractivity contribution in [1.29, 1.82) is 0 Å². The zero-order valence-corrected chi connectivity index (χ0v) is 10.7. The van der Waals surface area contributed by atoms with Crippen LogP contribution in [-0.2, 0) is 4.74 Å². The van der Waals surface area contributed by atoms with Crippen molar-refractivity contribution in [2.45, 2.75) is 12.3 Å². The van der Waals surface area contributed by atoms with Gasteiger partial charge in [0.15, 0.2) is 5.78 Å². The number of hydrogen-bond donors (Lipinski definition) is 0. The van der Waals surface area contributed by atoms with Crippen LogP contribution in [0.15, 0.2) is 36.5 Å². The fourth-order valence-corrected chi connectivity index (χ4v) is 1.67. The van der Waals surface area contributed by atoms with Crippen LogP contribution in [-0.4, -0.2) is 36.3 Å². The van der Waals surface area contributed by atoms with Gasteiger partial charge in [-0.05, 0) is 12.1 Å². The molecule has 0 unspecified atom stereocenters. The number of halogens is 4. The van der Waals surface area contributed by atoms with Gasteiger partial charge in [-0.1, -0.05) is 18.2 Å². The van der Waals surface area contributed by atoms with Gasteiger partial charge in [-0.3, -0.25) is 9.78 Å². The highest BCUT2D eigenvalue weighted by atomic mass is 19.3. The van der Waals surface area contributed by atoms with Crippen molar-refractivity contribution in [3.8, 4) is 0 Å². The Bertz CT molecular complexity index is 646. The van der Waals surface area contributed by atoms with E-state index in [-0.39, 0.29) is 5.56 Å². The quantitative estimate of drug-likeness (QED) is 0.607. The van der Waals surface area contributed by atoms with Crippen molar-refractivity contribution in [2.75, 3.05) is 13.2 Å². The van der Waals surface area contributed by atoms with Crippen molar-refractivity contribution >= 4 is 16.7 Å². The molecule has 0 aliphatic carbocycles. The summed E-state index contributed by atoms with van der Waals surface area (Å²) in [7, 11) is 0. The van der Waals surface area contributed by atoms with Crippen molar-refractivity contribution in [2.24, 2.45) is 0 Å². The van der Waals surface area contributed by atoms with Crippen LogP contribution in [0.3, 0.4) is 0 Å². The predicted octanol–water partition coefficient (Wildman–Crippen LogP) is 3.33. The molecule has 0 saturated heterocycles. The summed E-state index contributed by atoms with van der Waals surface area (Å²) in [4.78, 5) is 15.8. The van der Waals surface area contributed by atoms with Crippen LogP contribution in [0, 0.1) is 0 Å². The number of Topliss-reactive ketones (excluding diaryl/α,β-unsaturated/α-hetero) is 1. The number of carbonyl (C=O) groups is 1. The van der Waals surface area contributed by atoms with Gasteiger partial charge in [0.2, 0.25) is 0 Å². The van der Waals surface area contributed by atoms with E-state index in [1.165, 1.54) is 12.1 Å². The monoisotopic (exact) mass is 301 g/mol. The number of ketones is 1. The molecule has 0 amide bonds. The number of ether oxygens (including phenoxy) is 1. The van der Waals surface area contributed by atoms with Gasteiger partial charge in [0.05, 0.1) is 5.52 Å². The number of alkyl halides is 4. The minimum atomic E-state index is -4.26. The van der Waals surface area contributed by atoms with Gasteiger partial charge in [0, 0.05) is 17.1 Å². The van der Waals surface area contributed by atoms with Crippen LogP contribution in [0.25, 0.3) is 10.9 Å². The predicted molar refractivity (Wildman–Crippen MR) is 67.8 cm³/mol. The summed E-state index contributed by atoms with van der Waals surface area (Å²) in [5.74, 6) is -4.83. The molecule has 1 aromatic heterocycles. The third-order valence-electron chi connectivity index (χ3n) is 2.77. The van der Waals surface area contributed by atoms with Gasteiger partial charge < -0.3 is 4.74 Å². The average Bonchev–Trinajstić information content (AvgIpc) is 2.46. The van der Waals surface area contributed by atoms with Crippen LogP contribution in [0.2, 0.25) is 0 Å². The fourth-order valence-electron chi connectivity index (χ4n) is 1.67. The molecule has 3 nitrogen and oxygen atoms in total. The number of fused-ring (bicyclic) bond motifs is 1. The number of rotatable bonds is 6. The minimum Gasteiger partial charge on any atom is -0.367 e. The largest absolute Gasteiger partial charge is 0.367 e. The van der Waals surface area contributed by atoms with E-state index in [0.29, 0.717) is 5.52 Å². The molecule has 2 rings (SSSR count). The Hall–Kier alpha value is -2.02. The number of pyridine rings is 1. The van der Waals surface area contributed by atoms with Crippen LogP contribution >= 0.6 is 0 Å². The lowest BCUT2D eigenvalue weighted by Crippen LogP contribution is -2.33. The molecule has 0 fully saturated rings. The standard InChI is InChI=1S/C14H11F4NO2/c15-13(16)14(17,18)8-21-7-12(20)10-4-3-9-2-1-5-19-11(9)6-10/h1-6,13H,7-8H2. The Morgan fingerprint density at radius 2 is 2.05 bits per heavy atom. The Morgan fingerprint density at radius 3 is 2.76 bits per heavy atom. The van der Waals surface area contributed by atoms with Gasteiger partial charge in [-0.15, -0.1) is 0 Å². The molecule has 112 valence electrons. The molecule has 0 saturated carbocycles. The molecular weight excluding hydrogens is 290 g/mol. The fraction of sp³-hybridized carbons (Fsp3) is 0.286. The highest BCUT2D eigenvalue weighted by Crippen LogP contribution is 2.23. The molecule has 1 aromatic carbocycles. The van der Waals surface area contributed by atoms with E-state index in [1.54, 1.807) is 24.4 Å². The first-order valence-corrected chi connectivity index (χ1v) is 6.02. The highest BCUT2D eigenvalue weighted by Gasteiger charge is 2.41. The average molecular weight is 301 g/mol. The zero-order chi connectivity index (χ0) is 15.5. The van der Waals surface area contributed by atoms with Gasteiger partial charge in [0.1, 0.15) is 13.2 Å². The number of nitrogens with zero attached hydrogens (tertiary/aromatic N) is 1. The molecule has 21 heavy (non-hydrogen) atoms. The molecule has 1 heterocycles. The minimum absolute atomic E-state index is 0.224. The first kappa shape index (κ1) is 15.4. The molecule has 0 spiro atoms. The van der Waals surface area contributed by atoms with E-state index in [1.807, 2.05) is 0 Å². The zero-order valence-electron chi connectivity index (χ0n) is 10.7. The summed E-state index contributed by atoms with van der Waals surface area (Å²) in [5, 5.41) is 0.819. The van der Waals surface area contributed by atoms with Crippen molar-refractivity contribution in [3.05, 3.63) is 42.1 Å². The first-order chi connectivity index (χ1) is 9.90. The van der Waals surface area contributed by atoms with Gasteiger partial charge in [0.25, 0.3) is 0 Å². The second kappa shape index (κ2) is 6.17. The number of hydrogen-bond acceptors (Lipinski definition) is 3. The second-order valence-corrected chi connectivity index (χ2v) is 4.39. The summed E-state index contributed by atoms with van der Waals surface area (Å²) >= 11 is 0. The van der Waals surface area contributed by atoms with E-state index in [2.05, 4.69) is 9.72 Å². The smallest absolute Gasteiger partial charge is 0.330 e. The summed E-state index contributed by atoms with van der Waals surface area (Å²) in [6.45, 7) is -2.19.